The summed E-state index contributed by atoms with van der Waals surface area (Å²) in [6, 6.07) is 9.34. The van der Waals surface area contributed by atoms with E-state index >= 15 is 0 Å². The van der Waals surface area contributed by atoms with Crippen LogP contribution in [0.25, 0.3) is 0 Å². The first kappa shape index (κ1) is 16.1. The molecule has 0 aliphatic carbocycles. The fourth-order valence-corrected chi connectivity index (χ4v) is 2.35. The van der Waals surface area contributed by atoms with E-state index in [1.807, 2.05) is 30.3 Å². The molecule has 7 heteroatoms. The number of rotatable bonds is 5. The monoisotopic (exact) mass is 308 g/mol. The number of amides is 2. The van der Waals surface area contributed by atoms with Gasteiger partial charge in [-0.2, -0.15) is 0 Å². The molecule has 120 valence electrons. The number of ether oxygens (including phenoxy) is 2. The molecule has 0 aromatic heterocycles. The van der Waals surface area contributed by atoms with Gasteiger partial charge < -0.3 is 25.2 Å². The summed E-state index contributed by atoms with van der Waals surface area (Å²) in [6.45, 7) is 1.27. The Balaban J connectivity index is 1.81. The Morgan fingerprint density at radius 2 is 1.91 bits per heavy atom. The molecule has 1 saturated heterocycles. The van der Waals surface area contributed by atoms with Crippen LogP contribution in [0.1, 0.15) is 18.4 Å². The average Bonchev–Trinajstić information content (AvgIpc) is 2.52. The van der Waals surface area contributed by atoms with Gasteiger partial charge in [0.2, 0.25) is 0 Å². The highest BCUT2D eigenvalue weighted by molar-refractivity contribution is 5.68. The van der Waals surface area contributed by atoms with Crippen molar-refractivity contribution >= 4 is 12.2 Å². The maximum Gasteiger partial charge on any atom is 0.407 e. The molecule has 7 nitrogen and oxygen atoms in total. The minimum Gasteiger partial charge on any atom is -0.465 e. The van der Waals surface area contributed by atoms with Crippen molar-refractivity contribution in [2.45, 2.75) is 25.0 Å². The highest BCUT2D eigenvalue weighted by Crippen LogP contribution is 2.20. The highest BCUT2D eigenvalue weighted by Gasteiger charge is 2.34. The summed E-state index contributed by atoms with van der Waals surface area (Å²) in [5.74, 6) is 0. The number of hydrogen-bond donors (Lipinski definition) is 3. The zero-order valence-corrected chi connectivity index (χ0v) is 12.2. The van der Waals surface area contributed by atoms with E-state index in [1.54, 1.807) is 0 Å². The molecule has 0 bridgehead atoms. The van der Waals surface area contributed by atoms with Crippen molar-refractivity contribution in [3.05, 3.63) is 35.9 Å². The average molecular weight is 308 g/mol. The van der Waals surface area contributed by atoms with Crippen LogP contribution in [0, 0.1) is 0 Å². The minimum absolute atomic E-state index is 0.176. The molecule has 2 rings (SSSR count). The molecule has 1 heterocycles. The van der Waals surface area contributed by atoms with Crippen LogP contribution >= 0.6 is 0 Å². The van der Waals surface area contributed by atoms with E-state index in [1.165, 1.54) is 0 Å². The predicted molar refractivity (Wildman–Crippen MR) is 78.6 cm³/mol. The second-order valence-electron chi connectivity index (χ2n) is 5.24. The van der Waals surface area contributed by atoms with Crippen molar-refractivity contribution in [1.29, 1.82) is 0 Å². The Kier molecular flexibility index (Phi) is 5.60. The molecule has 0 atom stereocenters. The van der Waals surface area contributed by atoms with Crippen LogP contribution in [0.2, 0.25) is 0 Å². The van der Waals surface area contributed by atoms with Gasteiger partial charge in [0.1, 0.15) is 6.61 Å². The molecule has 1 aliphatic rings. The lowest BCUT2D eigenvalue weighted by atomic mass is 9.90. The lowest BCUT2D eigenvalue weighted by molar-refractivity contribution is 0.0377. The van der Waals surface area contributed by atoms with E-state index in [4.69, 9.17) is 14.6 Å². The van der Waals surface area contributed by atoms with E-state index in [9.17, 15) is 9.59 Å². The van der Waals surface area contributed by atoms with Gasteiger partial charge in [-0.15, -0.1) is 0 Å². The molecule has 3 N–H and O–H groups in total. The van der Waals surface area contributed by atoms with Crippen molar-refractivity contribution < 1.29 is 24.2 Å². The second-order valence-corrected chi connectivity index (χ2v) is 5.24. The third-order valence-electron chi connectivity index (χ3n) is 3.61. The highest BCUT2D eigenvalue weighted by atomic mass is 16.5. The molecular formula is C15H20N2O5. The van der Waals surface area contributed by atoms with E-state index < -0.39 is 17.7 Å². The molecule has 2 amide bonds. The van der Waals surface area contributed by atoms with Crippen LogP contribution in [0.5, 0.6) is 0 Å². The van der Waals surface area contributed by atoms with Crippen LogP contribution in [0.15, 0.2) is 30.3 Å². The normalized spacial score (nSPS) is 16.5. The van der Waals surface area contributed by atoms with Crippen molar-refractivity contribution in [2.24, 2.45) is 0 Å². The van der Waals surface area contributed by atoms with Gasteiger partial charge in [-0.25, -0.2) is 9.59 Å². The van der Waals surface area contributed by atoms with Gasteiger partial charge in [0.15, 0.2) is 0 Å². The third kappa shape index (κ3) is 4.92. The maximum atomic E-state index is 11.7. The van der Waals surface area contributed by atoms with Crippen LogP contribution < -0.4 is 10.6 Å². The Labute approximate surface area is 128 Å². The molecule has 1 aliphatic heterocycles. The van der Waals surface area contributed by atoms with E-state index in [2.05, 4.69) is 10.6 Å². The van der Waals surface area contributed by atoms with E-state index in [0.717, 1.165) is 5.56 Å². The zero-order valence-electron chi connectivity index (χ0n) is 12.2. The standard InChI is InChI=1S/C15H20N2O5/c18-13(19)17-15(6-8-21-9-7-15)11-16-14(20)22-10-12-4-2-1-3-5-12/h1-5,17H,6-11H2,(H,16,20)(H,18,19). The van der Waals surface area contributed by atoms with Crippen LogP contribution in [0.3, 0.4) is 0 Å². The first-order valence-corrected chi connectivity index (χ1v) is 7.13. The summed E-state index contributed by atoms with van der Waals surface area (Å²) >= 11 is 0. The fourth-order valence-electron chi connectivity index (χ4n) is 2.35. The molecule has 22 heavy (non-hydrogen) atoms. The summed E-state index contributed by atoms with van der Waals surface area (Å²) in [5.41, 5.74) is 0.192. The Hall–Kier alpha value is -2.28. The SMILES string of the molecule is O=C(O)NC1(CNC(=O)OCc2ccccc2)CCOCC1. The molecule has 0 spiro atoms. The summed E-state index contributed by atoms with van der Waals surface area (Å²) in [4.78, 5) is 22.7. The van der Waals surface area contributed by atoms with E-state index in [-0.39, 0.29) is 13.2 Å². The second kappa shape index (κ2) is 7.65. The van der Waals surface area contributed by atoms with Crippen molar-refractivity contribution in [3.8, 4) is 0 Å². The maximum absolute atomic E-state index is 11.7. The van der Waals surface area contributed by atoms with Gasteiger partial charge >= 0.3 is 12.2 Å². The van der Waals surface area contributed by atoms with Crippen molar-refractivity contribution in [3.63, 3.8) is 0 Å². The number of hydrogen-bond acceptors (Lipinski definition) is 4. The largest absolute Gasteiger partial charge is 0.465 e. The quantitative estimate of drug-likeness (QED) is 0.769. The Bertz CT molecular complexity index is 500. The molecular weight excluding hydrogens is 288 g/mol. The van der Waals surface area contributed by atoms with Gasteiger partial charge in [-0.05, 0) is 18.4 Å². The zero-order chi connectivity index (χ0) is 15.8. The molecule has 0 saturated carbocycles. The Morgan fingerprint density at radius 3 is 2.55 bits per heavy atom. The lowest BCUT2D eigenvalue weighted by Gasteiger charge is -2.36. The van der Waals surface area contributed by atoms with Gasteiger partial charge in [-0.1, -0.05) is 30.3 Å². The van der Waals surface area contributed by atoms with Gasteiger partial charge in [0.05, 0.1) is 5.54 Å². The summed E-state index contributed by atoms with van der Waals surface area (Å²) < 4.78 is 10.4. The van der Waals surface area contributed by atoms with Crippen LogP contribution in [-0.2, 0) is 16.1 Å². The van der Waals surface area contributed by atoms with E-state index in [0.29, 0.717) is 26.1 Å². The van der Waals surface area contributed by atoms with Gasteiger partial charge in [0, 0.05) is 19.8 Å². The first-order valence-electron chi connectivity index (χ1n) is 7.13. The van der Waals surface area contributed by atoms with Crippen LogP contribution in [0.4, 0.5) is 9.59 Å². The third-order valence-corrected chi connectivity index (χ3v) is 3.61. The smallest absolute Gasteiger partial charge is 0.407 e. The van der Waals surface area contributed by atoms with Gasteiger partial charge in [-0.3, -0.25) is 0 Å². The number of benzene rings is 1. The summed E-state index contributed by atoms with van der Waals surface area (Å²) in [7, 11) is 0. The predicted octanol–water partition coefficient (Wildman–Crippen LogP) is 1.73. The minimum atomic E-state index is -1.11. The molecule has 1 aromatic rings. The molecule has 0 unspecified atom stereocenters. The van der Waals surface area contributed by atoms with Gasteiger partial charge in [0.25, 0.3) is 0 Å². The molecule has 1 aromatic carbocycles. The molecule has 0 radical (unpaired) electrons. The number of carbonyl (C=O) groups excluding carboxylic acids is 1. The lowest BCUT2D eigenvalue weighted by Crippen LogP contribution is -2.58. The number of carbonyl (C=O) groups is 2. The summed E-state index contributed by atoms with van der Waals surface area (Å²) in [6.07, 6.45) is -0.653. The fraction of sp³-hybridized carbons (Fsp3) is 0.467. The Morgan fingerprint density at radius 1 is 1.23 bits per heavy atom. The molecule has 1 fully saturated rings. The number of alkyl carbamates (subject to hydrolysis) is 1. The topological polar surface area (TPSA) is 96.9 Å². The van der Waals surface area contributed by atoms with Crippen LogP contribution in [-0.4, -0.2) is 42.6 Å². The van der Waals surface area contributed by atoms with Crippen molar-refractivity contribution in [1.82, 2.24) is 10.6 Å². The van der Waals surface area contributed by atoms with Crippen molar-refractivity contribution in [2.75, 3.05) is 19.8 Å². The first-order chi connectivity index (χ1) is 10.6. The number of carboxylic acid groups (broad SMARTS) is 1. The summed E-state index contributed by atoms with van der Waals surface area (Å²) in [5, 5.41) is 14.1. The number of nitrogens with one attached hydrogen (secondary N) is 2.